The standard InChI is InChI=1S/C17H16N4/c1-2-14(19)17-20-15-8-7-13(9-16(15)21-17)12-5-3-11(10-18)4-6-12/h3-9,14H,2,19H2,1H3,(H,20,21)/t14-/m1/s1. The maximum atomic E-state index is 8.84. The summed E-state index contributed by atoms with van der Waals surface area (Å²) in [6.07, 6.45) is 0.850. The molecule has 0 aliphatic carbocycles. The summed E-state index contributed by atoms with van der Waals surface area (Å²) >= 11 is 0. The van der Waals surface area contributed by atoms with Crippen LogP contribution in [0.25, 0.3) is 22.2 Å². The second kappa shape index (κ2) is 5.39. The number of hydrogen-bond acceptors (Lipinski definition) is 3. The minimum absolute atomic E-state index is 0.0595. The minimum Gasteiger partial charge on any atom is -0.341 e. The average Bonchev–Trinajstić information content (AvgIpc) is 2.97. The molecule has 21 heavy (non-hydrogen) atoms. The molecular weight excluding hydrogens is 260 g/mol. The van der Waals surface area contributed by atoms with Crippen molar-refractivity contribution in [1.29, 1.82) is 5.26 Å². The highest BCUT2D eigenvalue weighted by atomic mass is 15.0. The van der Waals surface area contributed by atoms with Gasteiger partial charge in [0.05, 0.1) is 28.7 Å². The number of H-pyrrole nitrogens is 1. The average molecular weight is 276 g/mol. The van der Waals surface area contributed by atoms with Crippen LogP contribution in [0, 0.1) is 11.3 Å². The van der Waals surface area contributed by atoms with Gasteiger partial charge in [0.15, 0.2) is 0 Å². The number of benzene rings is 2. The summed E-state index contributed by atoms with van der Waals surface area (Å²) in [5.74, 6) is 0.824. The van der Waals surface area contributed by atoms with Crippen LogP contribution in [0.2, 0.25) is 0 Å². The largest absolute Gasteiger partial charge is 0.341 e. The van der Waals surface area contributed by atoms with E-state index in [-0.39, 0.29) is 6.04 Å². The van der Waals surface area contributed by atoms with Gasteiger partial charge in [0.1, 0.15) is 5.82 Å². The molecule has 3 rings (SSSR count). The Bertz CT molecular complexity index is 809. The van der Waals surface area contributed by atoms with E-state index in [1.54, 1.807) is 0 Å². The van der Waals surface area contributed by atoms with Crippen LogP contribution in [0.15, 0.2) is 42.5 Å². The fourth-order valence-electron chi connectivity index (χ4n) is 2.32. The second-order valence-corrected chi connectivity index (χ2v) is 5.06. The molecule has 2 aromatic carbocycles. The Morgan fingerprint density at radius 1 is 1.19 bits per heavy atom. The summed E-state index contributed by atoms with van der Waals surface area (Å²) in [4.78, 5) is 7.81. The van der Waals surface area contributed by atoms with Crippen LogP contribution in [0.1, 0.15) is 30.8 Å². The summed E-state index contributed by atoms with van der Waals surface area (Å²) < 4.78 is 0. The van der Waals surface area contributed by atoms with Gasteiger partial charge in [-0.25, -0.2) is 4.98 Å². The molecule has 0 saturated carbocycles. The van der Waals surface area contributed by atoms with Crippen molar-refractivity contribution in [3.8, 4) is 17.2 Å². The Kier molecular flexibility index (Phi) is 3.43. The van der Waals surface area contributed by atoms with E-state index in [2.05, 4.69) is 22.1 Å². The van der Waals surface area contributed by atoms with Gasteiger partial charge in [0.25, 0.3) is 0 Å². The number of rotatable bonds is 3. The highest BCUT2D eigenvalue weighted by molar-refractivity contribution is 5.82. The maximum absolute atomic E-state index is 8.84. The van der Waals surface area contributed by atoms with E-state index >= 15 is 0 Å². The fraction of sp³-hybridized carbons (Fsp3) is 0.176. The Hall–Kier alpha value is -2.64. The van der Waals surface area contributed by atoms with Crippen molar-refractivity contribution in [2.75, 3.05) is 0 Å². The minimum atomic E-state index is -0.0595. The number of nitrogens with two attached hydrogens (primary N) is 1. The third kappa shape index (κ3) is 2.51. The zero-order valence-electron chi connectivity index (χ0n) is 11.8. The zero-order chi connectivity index (χ0) is 14.8. The van der Waals surface area contributed by atoms with Gasteiger partial charge in [-0.05, 0) is 41.8 Å². The third-order valence-corrected chi connectivity index (χ3v) is 3.64. The molecule has 3 aromatic rings. The predicted octanol–water partition coefficient (Wildman–Crippen LogP) is 3.51. The van der Waals surface area contributed by atoms with Gasteiger partial charge in [-0.2, -0.15) is 5.26 Å². The van der Waals surface area contributed by atoms with Crippen molar-refractivity contribution in [1.82, 2.24) is 9.97 Å². The molecule has 0 radical (unpaired) electrons. The quantitative estimate of drug-likeness (QED) is 0.768. The Morgan fingerprint density at radius 3 is 2.57 bits per heavy atom. The molecule has 0 aliphatic rings. The molecule has 0 saturated heterocycles. The Balaban J connectivity index is 2.01. The van der Waals surface area contributed by atoms with Crippen LogP contribution in [-0.2, 0) is 0 Å². The first-order valence-electron chi connectivity index (χ1n) is 6.97. The van der Waals surface area contributed by atoms with E-state index < -0.39 is 0 Å². The fourth-order valence-corrected chi connectivity index (χ4v) is 2.32. The molecule has 0 bridgehead atoms. The van der Waals surface area contributed by atoms with E-state index in [9.17, 15) is 0 Å². The molecule has 4 nitrogen and oxygen atoms in total. The first kappa shape index (κ1) is 13.3. The van der Waals surface area contributed by atoms with Crippen LogP contribution < -0.4 is 5.73 Å². The first-order chi connectivity index (χ1) is 10.2. The van der Waals surface area contributed by atoms with Crippen molar-refractivity contribution in [3.05, 3.63) is 53.9 Å². The summed E-state index contributed by atoms with van der Waals surface area (Å²) in [7, 11) is 0. The molecule has 0 spiro atoms. The number of aromatic amines is 1. The molecular formula is C17H16N4. The van der Waals surface area contributed by atoms with Crippen molar-refractivity contribution in [2.24, 2.45) is 5.73 Å². The van der Waals surface area contributed by atoms with Gasteiger partial charge in [0.2, 0.25) is 0 Å². The van der Waals surface area contributed by atoms with Crippen LogP contribution >= 0.6 is 0 Å². The summed E-state index contributed by atoms with van der Waals surface area (Å²) in [5.41, 5.74) is 10.7. The number of nitrogens with one attached hydrogen (secondary N) is 1. The summed E-state index contributed by atoms with van der Waals surface area (Å²) in [6.45, 7) is 2.04. The Labute approximate surface area is 123 Å². The number of imidazole rings is 1. The van der Waals surface area contributed by atoms with E-state index in [1.165, 1.54) is 0 Å². The number of nitriles is 1. The van der Waals surface area contributed by atoms with Crippen molar-refractivity contribution >= 4 is 11.0 Å². The van der Waals surface area contributed by atoms with Crippen LogP contribution in [0.5, 0.6) is 0 Å². The smallest absolute Gasteiger partial charge is 0.124 e. The second-order valence-electron chi connectivity index (χ2n) is 5.06. The molecule has 0 fully saturated rings. The maximum Gasteiger partial charge on any atom is 0.124 e. The molecule has 1 heterocycles. The van der Waals surface area contributed by atoms with E-state index in [0.29, 0.717) is 5.56 Å². The van der Waals surface area contributed by atoms with Gasteiger partial charge in [-0.1, -0.05) is 25.1 Å². The number of aromatic nitrogens is 2. The van der Waals surface area contributed by atoms with E-state index in [0.717, 1.165) is 34.4 Å². The molecule has 0 amide bonds. The highest BCUT2D eigenvalue weighted by Gasteiger charge is 2.10. The van der Waals surface area contributed by atoms with Crippen LogP contribution in [0.3, 0.4) is 0 Å². The zero-order valence-corrected chi connectivity index (χ0v) is 11.8. The summed E-state index contributed by atoms with van der Waals surface area (Å²) in [5, 5.41) is 8.84. The Morgan fingerprint density at radius 2 is 1.90 bits per heavy atom. The third-order valence-electron chi connectivity index (χ3n) is 3.64. The monoisotopic (exact) mass is 276 g/mol. The molecule has 4 heteroatoms. The predicted molar refractivity (Wildman–Crippen MR) is 83.5 cm³/mol. The van der Waals surface area contributed by atoms with Gasteiger partial charge in [-0.15, -0.1) is 0 Å². The lowest BCUT2D eigenvalue weighted by Crippen LogP contribution is -2.10. The molecule has 104 valence electrons. The van der Waals surface area contributed by atoms with Crippen molar-refractivity contribution in [2.45, 2.75) is 19.4 Å². The normalized spacial score (nSPS) is 12.2. The van der Waals surface area contributed by atoms with E-state index in [4.69, 9.17) is 11.0 Å². The number of hydrogen-bond donors (Lipinski definition) is 2. The SMILES string of the molecule is CC[C@@H](N)c1nc2ccc(-c3ccc(C#N)cc3)cc2[nH]1. The molecule has 1 atom stereocenters. The van der Waals surface area contributed by atoms with Gasteiger partial charge >= 0.3 is 0 Å². The van der Waals surface area contributed by atoms with E-state index in [1.807, 2.05) is 43.3 Å². The highest BCUT2D eigenvalue weighted by Crippen LogP contribution is 2.25. The van der Waals surface area contributed by atoms with Crippen LogP contribution in [-0.4, -0.2) is 9.97 Å². The summed E-state index contributed by atoms with van der Waals surface area (Å²) in [6, 6.07) is 15.7. The van der Waals surface area contributed by atoms with Gasteiger partial charge in [0, 0.05) is 0 Å². The first-order valence-corrected chi connectivity index (χ1v) is 6.97. The molecule has 0 aliphatic heterocycles. The lowest BCUT2D eigenvalue weighted by atomic mass is 10.0. The molecule has 0 unspecified atom stereocenters. The van der Waals surface area contributed by atoms with Gasteiger partial charge < -0.3 is 10.7 Å². The molecule has 1 aromatic heterocycles. The lowest BCUT2D eigenvalue weighted by Gasteiger charge is -2.02. The van der Waals surface area contributed by atoms with Crippen molar-refractivity contribution < 1.29 is 0 Å². The van der Waals surface area contributed by atoms with Gasteiger partial charge in [-0.3, -0.25) is 0 Å². The lowest BCUT2D eigenvalue weighted by molar-refractivity contribution is 0.660. The van der Waals surface area contributed by atoms with Crippen LogP contribution in [0.4, 0.5) is 0 Å². The van der Waals surface area contributed by atoms with Crippen molar-refractivity contribution in [3.63, 3.8) is 0 Å². The molecule has 3 N–H and O–H groups in total. The topological polar surface area (TPSA) is 78.5 Å². The number of nitrogens with zero attached hydrogens (tertiary/aromatic N) is 2. The number of fused-ring (bicyclic) bond motifs is 1.